The summed E-state index contributed by atoms with van der Waals surface area (Å²) >= 11 is 1.49. The summed E-state index contributed by atoms with van der Waals surface area (Å²) in [5.41, 5.74) is 3.10. The Balaban J connectivity index is 1.29. The molecule has 0 fully saturated rings. The summed E-state index contributed by atoms with van der Waals surface area (Å²) in [6, 6.07) is 12.6. The molecule has 0 unspecified atom stereocenters. The number of carbonyl (C=O) groups is 2. The minimum absolute atomic E-state index is 0.193. The van der Waals surface area contributed by atoms with Gasteiger partial charge in [0.2, 0.25) is 6.79 Å². The van der Waals surface area contributed by atoms with Crippen LogP contribution >= 0.6 is 11.8 Å². The number of ether oxygens (including phenoxy) is 3. The van der Waals surface area contributed by atoms with Gasteiger partial charge in [0.1, 0.15) is 5.76 Å². The van der Waals surface area contributed by atoms with Crippen LogP contribution in [0.15, 0.2) is 51.9 Å². The molecular formula is C23H22N2O6S. The number of esters is 1. The zero-order chi connectivity index (χ0) is 22.5. The van der Waals surface area contributed by atoms with Crippen LogP contribution in [0.25, 0.3) is 0 Å². The fourth-order valence-corrected chi connectivity index (χ4v) is 4.32. The van der Waals surface area contributed by atoms with E-state index >= 15 is 0 Å². The maximum Gasteiger partial charge on any atom is 0.339 e. The Bertz CT molecular complexity index is 1120. The van der Waals surface area contributed by atoms with Gasteiger partial charge in [-0.1, -0.05) is 23.4 Å². The highest BCUT2D eigenvalue weighted by atomic mass is 32.2. The van der Waals surface area contributed by atoms with E-state index in [0.29, 0.717) is 22.8 Å². The Labute approximate surface area is 189 Å². The lowest BCUT2D eigenvalue weighted by Gasteiger charge is -2.10. The van der Waals surface area contributed by atoms with Crippen molar-refractivity contribution < 1.29 is 28.3 Å². The SMILES string of the molecule is Cc1noc(C)c1CSc1ccccc1C(=O)OCC(=O)NCc1ccc2c(c1)OCO2. The molecule has 0 aliphatic carbocycles. The van der Waals surface area contributed by atoms with Crippen molar-refractivity contribution in [1.29, 1.82) is 0 Å². The molecule has 1 amide bonds. The zero-order valence-corrected chi connectivity index (χ0v) is 18.5. The summed E-state index contributed by atoms with van der Waals surface area (Å²) in [7, 11) is 0. The average Bonchev–Trinajstić information content (AvgIpc) is 3.40. The number of rotatable bonds is 8. The number of benzene rings is 2. The van der Waals surface area contributed by atoms with Gasteiger partial charge in [-0.2, -0.15) is 0 Å². The van der Waals surface area contributed by atoms with Gasteiger partial charge in [0.25, 0.3) is 5.91 Å². The molecule has 0 saturated carbocycles. The third-order valence-corrected chi connectivity index (χ3v) is 6.02. The Kier molecular flexibility index (Phi) is 6.65. The quantitative estimate of drug-likeness (QED) is 0.405. The first-order valence-corrected chi connectivity index (χ1v) is 11.0. The summed E-state index contributed by atoms with van der Waals surface area (Å²) < 4.78 is 21.0. The van der Waals surface area contributed by atoms with Crippen molar-refractivity contribution in [2.75, 3.05) is 13.4 Å². The third-order valence-electron chi connectivity index (χ3n) is 4.92. The molecule has 32 heavy (non-hydrogen) atoms. The van der Waals surface area contributed by atoms with E-state index in [1.54, 1.807) is 24.3 Å². The van der Waals surface area contributed by atoms with Crippen LogP contribution in [0, 0.1) is 13.8 Å². The molecule has 1 aliphatic rings. The molecule has 3 aromatic rings. The van der Waals surface area contributed by atoms with Gasteiger partial charge in [0, 0.05) is 22.8 Å². The second-order valence-corrected chi connectivity index (χ2v) is 8.15. The lowest BCUT2D eigenvalue weighted by atomic mass is 10.2. The van der Waals surface area contributed by atoms with Crippen LogP contribution in [-0.2, 0) is 21.8 Å². The lowest BCUT2D eigenvalue weighted by molar-refractivity contribution is -0.124. The van der Waals surface area contributed by atoms with Crippen molar-refractivity contribution in [3.05, 3.63) is 70.6 Å². The van der Waals surface area contributed by atoms with E-state index in [0.717, 1.165) is 27.5 Å². The summed E-state index contributed by atoms with van der Waals surface area (Å²) in [4.78, 5) is 25.5. The predicted molar refractivity (Wildman–Crippen MR) is 117 cm³/mol. The summed E-state index contributed by atoms with van der Waals surface area (Å²) in [6.07, 6.45) is 0. The molecule has 1 N–H and O–H groups in total. The smallest absolute Gasteiger partial charge is 0.339 e. The number of nitrogens with zero attached hydrogens (tertiary/aromatic N) is 1. The molecule has 4 rings (SSSR count). The molecule has 0 atom stereocenters. The van der Waals surface area contributed by atoms with Crippen molar-refractivity contribution in [1.82, 2.24) is 10.5 Å². The molecular weight excluding hydrogens is 432 g/mol. The first-order chi connectivity index (χ1) is 15.5. The number of hydrogen-bond donors (Lipinski definition) is 1. The zero-order valence-electron chi connectivity index (χ0n) is 17.7. The second-order valence-electron chi connectivity index (χ2n) is 7.13. The predicted octanol–water partition coefficient (Wildman–Crippen LogP) is 3.79. The Morgan fingerprint density at radius 3 is 2.75 bits per heavy atom. The molecule has 0 spiro atoms. The molecule has 2 aromatic carbocycles. The average molecular weight is 455 g/mol. The van der Waals surface area contributed by atoms with Gasteiger partial charge in [0.05, 0.1) is 11.3 Å². The van der Waals surface area contributed by atoms with Gasteiger partial charge >= 0.3 is 5.97 Å². The molecule has 0 saturated heterocycles. The number of amides is 1. The fraction of sp³-hybridized carbons (Fsp3) is 0.261. The fourth-order valence-electron chi connectivity index (χ4n) is 3.13. The number of fused-ring (bicyclic) bond motifs is 1. The summed E-state index contributed by atoms with van der Waals surface area (Å²) in [5, 5.41) is 6.69. The number of nitrogens with one attached hydrogen (secondary N) is 1. The van der Waals surface area contributed by atoms with Crippen LogP contribution in [0.4, 0.5) is 0 Å². The van der Waals surface area contributed by atoms with Crippen LogP contribution in [0.2, 0.25) is 0 Å². The number of carbonyl (C=O) groups excluding carboxylic acids is 2. The van der Waals surface area contributed by atoms with Crippen LogP contribution < -0.4 is 14.8 Å². The van der Waals surface area contributed by atoms with Crippen LogP contribution in [-0.4, -0.2) is 30.4 Å². The normalized spacial score (nSPS) is 11.9. The van der Waals surface area contributed by atoms with E-state index in [4.69, 9.17) is 18.7 Å². The van der Waals surface area contributed by atoms with Gasteiger partial charge in [-0.3, -0.25) is 4.79 Å². The van der Waals surface area contributed by atoms with E-state index < -0.39 is 11.9 Å². The van der Waals surface area contributed by atoms with Crippen molar-refractivity contribution in [2.45, 2.75) is 31.0 Å². The molecule has 9 heteroatoms. The summed E-state index contributed by atoms with van der Waals surface area (Å²) in [5.74, 6) is 1.76. The third kappa shape index (κ3) is 5.05. The van der Waals surface area contributed by atoms with Crippen molar-refractivity contribution >= 4 is 23.6 Å². The molecule has 166 valence electrons. The maximum atomic E-state index is 12.6. The minimum atomic E-state index is -0.551. The first-order valence-electron chi connectivity index (χ1n) is 9.97. The highest BCUT2D eigenvalue weighted by molar-refractivity contribution is 7.98. The topological polar surface area (TPSA) is 99.9 Å². The van der Waals surface area contributed by atoms with Crippen LogP contribution in [0.1, 0.15) is 32.9 Å². The van der Waals surface area contributed by atoms with E-state index in [-0.39, 0.29) is 19.9 Å². The van der Waals surface area contributed by atoms with Gasteiger partial charge in [-0.15, -0.1) is 11.8 Å². The van der Waals surface area contributed by atoms with Gasteiger partial charge in [-0.25, -0.2) is 4.79 Å². The number of aromatic nitrogens is 1. The summed E-state index contributed by atoms with van der Waals surface area (Å²) in [6.45, 7) is 3.86. The molecule has 2 heterocycles. The molecule has 0 bridgehead atoms. The molecule has 8 nitrogen and oxygen atoms in total. The number of hydrogen-bond acceptors (Lipinski definition) is 8. The Hall–Kier alpha value is -3.46. The van der Waals surface area contributed by atoms with Crippen molar-refractivity contribution in [2.24, 2.45) is 0 Å². The van der Waals surface area contributed by atoms with E-state index in [9.17, 15) is 9.59 Å². The van der Waals surface area contributed by atoms with Gasteiger partial charge < -0.3 is 24.1 Å². The van der Waals surface area contributed by atoms with Gasteiger partial charge in [0.15, 0.2) is 18.1 Å². The Morgan fingerprint density at radius 1 is 1.12 bits per heavy atom. The number of thioether (sulfide) groups is 1. The standard InChI is InChI=1S/C23H22N2O6S/c1-14-18(15(2)31-25-14)12-32-21-6-4-3-5-17(21)23(27)28-11-22(26)24-10-16-7-8-19-20(9-16)30-13-29-19/h3-9H,10-13H2,1-2H3,(H,24,26). The van der Waals surface area contributed by atoms with Crippen LogP contribution in [0.5, 0.6) is 11.5 Å². The maximum absolute atomic E-state index is 12.6. The van der Waals surface area contributed by atoms with Crippen molar-refractivity contribution in [3.8, 4) is 11.5 Å². The largest absolute Gasteiger partial charge is 0.454 e. The van der Waals surface area contributed by atoms with Gasteiger partial charge in [-0.05, 0) is 43.7 Å². The van der Waals surface area contributed by atoms with E-state index in [1.165, 1.54) is 11.8 Å². The van der Waals surface area contributed by atoms with E-state index in [2.05, 4.69) is 10.5 Å². The highest BCUT2D eigenvalue weighted by Crippen LogP contribution is 2.32. The van der Waals surface area contributed by atoms with Crippen molar-refractivity contribution in [3.63, 3.8) is 0 Å². The monoisotopic (exact) mass is 454 g/mol. The molecule has 0 radical (unpaired) electrons. The molecule has 1 aliphatic heterocycles. The Morgan fingerprint density at radius 2 is 1.94 bits per heavy atom. The second kappa shape index (κ2) is 9.78. The first kappa shape index (κ1) is 21.8. The number of aryl methyl sites for hydroxylation is 2. The van der Waals surface area contributed by atoms with E-state index in [1.807, 2.05) is 32.0 Å². The lowest BCUT2D eigenvalue weighted by Crippen LogP contribution is -2.28. The highest BCUT2D eigenvalue weighted by Gasteiger charge is 2.17. The molecule has 1 aromatic heterocycles. The minimum Gasteiger partial charge on any atom is -0.454 e. The van der Waals surface area contributed by atoms with Crippen LogP contribution in [0.3, 0.4) is 0 Å².